The Kier molecular flexibility index (Phi) is 5.78. The minimum absolute atomic E-state index is 0.0560. The highest BCUT2D eigenvalue weighted by molar-refractivity contribution is 5.94. The van der Waals surface area contributed by atoms with E-state index in [0.717, 1.165) is 50.8 Å². The molecule has 1 aliphatic carbocycles. The molecule has 1 aromatic carbocycles. The van der Waals surface area contributed by atoms with Gasteiger partial charge in [-0.25, -0.2) is 0 Å². The topological polar surface area (TPSA) is 89.4 Å². The molecule has 2 amide bonds. The fourth-order valence-corrected chi connectivity index (χ4v) is 3.75. The number of aromatic nitrogens is 3. The van der Waals surface area contributed by atoms with Crippen LogP contribution in [0, 0.1) is 0 Å². The number of carbonyl (C=O) groups is 2. The zero-order chi connectivity index (χ0) is 20.2. The van der Waals surface area contributed by atoms with Crippen molar-refractivity contribution in [3.8, 4) is 5.75 Å². The fraction of sp³-hybridized carbons (Fsp3) is 0.524. The summed E-state index contributed by atoms with van der Waals surface area (Å²) in [5.74, 6) is 0.637. The number of ether oxygens (including phenoxy) is 1. The van der Waals surface area contributed by atoms with E-state index >= 15 is 0 Å². The molecule has 0 radical (unpaired) electrons. The van der Waals surface area contributed by atoms with Crippen molar-refractivity contribution in [3.05, 3.63) is 41.7 Å². The Morgan fingerprint density at radius 1 is 1.17 bits per heavy atom. The third kappa shape index (κ3) is 4.75. The van der Waals surface area contributed by atoms with Gasteiger partial charge in [-0.1, -0.05) is 5.21 Å². The SMILES string of the molecule is COc1ccc(C(=O)N2CCCCC2CCn2cc(C(=O)NC3CC3)nn2)cc1. The van der Waals surface area contributed by atoms with Gasteiger partial charge in [0.25, 0.3) is 11.8 Å². The molecule has 2 heterocycles. The Hall–Kier alpha value is -2.90. The molecule has 1 saturated heterocycles. The third-order valence-corrected chi connectivity index (χ3v) is 5.60. The molecule has 1 N–H and O–H groups in total. The van der Waals surface area contributed by atoms with Crippen molar-refractivity contribution < 1.29 is 14.3 Å². The highest BCUT2D eigenvalue weighted by Crippen LogP contribution is 2.23. The van der Waals surface area contributed by atoms with E-state index in [1.165, 1.54) is 0 Å². The second-order valence-corrected chi connectivity index (χ2v) is 7.78. The van der Waals surface area contributed by atoms with E-state index < -0.39 is 0 Å². The van der Waals surface area contributed by atoms with E-state index in [9.17, 15) is 9.59 Å². The number of piperidine rings is 1. The highest BCUT2D eigenvalue weighted by Gasteiger charge is 2.28. The molecule has 2 fully saturated rings. The summed E-state index contributed by atoms with van der Waals surface area (Å²) in [5, 5.41) is 11.0. The van der Waals surface area contributed by atoms with Crippen molar-refractivity contribution in [1.29, 1.82) is 0 Å². The maximum absolute atomic E-state index is 13.0. The number of amides is 2. The lowest BCUT2D eigenvalue weighted by molar-refractivity contribution is 0.0593. The summed E-state index contributed by atoms with van der Waals surface area (Å²) in [6, 6.07) is 7.72. The van der Waals surface area contributed by atoms with E-state index in [-0.39, 0.29) is 17.9 Å². The molecule has 8 nitrogen and oxygen atoms in total. The highest BCUT2D eigenvalue weighted by atomic mass is 16.5. The van der Waals surface area contributed by atoms with Crippen LogP contribution in [0.3, 0.4) is 0 Å². The standard InChI is InChI=1S/C21H27N5O3/c1-29-18-9-5-15(6-10-18)21(28)26-12-3-2-4-17(26)11-13-25-14-19(23-24-25)20(27)22-16-7-8-16/h5-6,9-10,14,16-17H,2-4,7-8,11-13H2,1H3,(H,22,27). The molecule has 2 aromatic rings. The molecule has 1 aromatic heterocycles. The first-order chi connectivity index (χ1) is 14.1. The first kappa shape index (κ1) is 19.4. The molecule has 1 atom stereocenters. The number of aryl methyl sites for hydroxylation is 1. The maximum Gasteiger partial charge on any atom is 0.273 e. The average molecular weight is 397 g/mol. The molecule has 8 heteroatoms. The Morgan fingerprint density at radius 3 is 2.69 bits per heavy atom. The van der Waals surface area contributed by atoms with Gasteiger partial charge in [0.1, 0.15) is 5.75 Å². The lowest BCUT2D eigenvalue weighted by atomic mass is 9.98. The molecule has 2 aliphatic rings. The summed E-state index contributed by atoms with van der Waals surface area (Å²) < 4.78 is 6.88. The first-order valence-corrected chi connectivity index (χ1v) is 10.3. The van der Waals surface area contributed by atoms with Crippen LogP contribution in [0.5, 0.6) is 5.75 Å². The van der Waals surface area contributed by atoms with E-state index in [1.807, 2.05) is 29.2 Å². The van der Waals surface area contributed by atoms with Crippen LogP contribution in [0.1, 0.15) is 59.4 Å². The molecule has 0 bridgehead atoms. The van der Waals surface area contributed by atoms with E-state index in [1.54, 1.807) is 18.0 Å². The van der Waals surface area contributed by atoms with Crippen LogP contribution >= 0.6 is 0 Å². The van der Waals surface area contributed by atoms with Crippen molar-refractivity contribution in [3.63, 3.8) is 0 Å². The predicted octanol–water partition coefficient (Wildman–Crippen LogP) is 2.26. The van der Waals surface area contributed by atoms with Crippen LogP contribution in [0.15, 0.2) is 30.5 Å². The van der Waals surface area contributed by atoms with Crippen molar-refractivity contribution in [2.45, 2.75) is 57.2 Å². The number of methoxy groups -OCH3 is 1. The predicted molar refractivity (Wildman–Crippen MR) is 107 cm³/mol. The Balaban J connectivity index is 1.36. The smallest absolute Gasteiger partial charge is 0.273 e. The fourth-order valence-electron chi connectivity index (χ4n) is 3.75. The number of rotatable bonds is 7. The normalized spacial score (nSPS) is 19.1. The van der Waals surface area contributed by atoms with Crippen molar-refractivity contribution in [2.75, 3.05) is 13.7 Å². The quantitative estimate of drug-likeness (QED) is 0.774. The number of benzene rings is 1. The van der Waals surface area contributed by atoms with Gasteiger partial charge in [0.15, 0.2) is 5.69 Å². The largest absolute Gasteiger partial charge is 0.497 e. The number of nitrogens with one attached hydrogen (secondary N) is 1. The van der Waals surface area contributed by atoms with E-state index in [2.05, 4.69) is 15.6 Å². The monoisotopic (exact) mass is 397 g/mol. The minimum atomic E-state index is -0.160. The molecular formula is C21H27N5O3. The van der Waals surface area contributed by atoms with Gasteiger partial charge in [-0.05, 0) is 62.8 Å². The van der Waals surface area contributed by atoms with Gasteiger partial charge in [-0.15, -0.1) is 5.10 Å². The van der Waals surface area contributed by atoms with Gasteiger partial charge in [0.05, 0.1) is 13.3 Å². The molecule has 1 aliphatic heterocycles. The molecular weight excluding hydrogens is 370 g/mol. The van der Waals surface area contributed by atoms with Gasteiger partial charge in [0, 0.05) is 30.7 Å². The summed E-state index contributed by atoms with van der Waals surface area (Å²) in [6.45, 7) is 1.39. The summed E-state index contributed by atoms with van der Waals surface area (Å²) in [4.78, 5) is 27.1. The van der Waals surface area contributed by atoms with Crippen molar-refractivity contribution in [2.24, 2.45) is 0 Å². The van der Waals surface area contributed by atoms with Crippen LogP contribution in [0.25, 0.3) is 0 Å². The van der Waals surface area contributed by atoms with Crippen LogP contribution in [-0.4, -0.2) is 57.4 Å². The second-order valence-electron chi connectivity index (χ2n) is 7.78. The lowest BCUT2D eigenvalue weighted by Crippen LogP contribution is -2.44. The zero-order valence-electron chi connectivity index (χ0n) is 16.7. The van der Waals surface area contributed by atoms with Gasteiger partial charge in [-0.2, -0.15) is 0 Å². The lowest BCUT2D eigenvalue weighted by Gasteiger charge is -2.36. The molecule has 29 heavy (non-hydrogen) atoms. The number of hydrogen-bond donors (Lipinski definition) is 1. The van der Waals surface area contributed by atoms with Crippen molar-refractivity contribution in [1.82, 2.24) is 25.2 Å². The molecule has 1 saturated carbocycles. The van der Waals surface area contributed by atoms with Crippen LogP contribution < -0.4 is 10.1 Å². The van der Waals surface area contributed by atoms with Crippen LogP contribution in [-0.2, 0) is 6.54 Å². The van der Waals surface area contributed by atoms with E-state index in [4.69, 9.17) is 4.74 Å². The maximum atomic E-state index is 13.0. The number of nitrogens with zero attached hydrogens (tertiary/aromatic N) is 4. The third-order valence-electron chi connectivity index (χ3n) is 5.60. The van der Waals surface area contributed by atoms with Crippen LogP contribution in [0.4, 0.5) is 0 Å². The average Bonchev–Trinajstić information content (AvgIpc) is 3.45. The van der Waals surface area contributed by atoms with Gasteiger partial charge >= 0.3 is 0 Å². The summed E-state index contributed by atoms with van der Waals surface area (Å²) in [6.07, 6.45) is 7.67. The van der Waals surface area contributed by atoms with Gasteiger partial charge in [0.2, 0.25) is 0 Å². The first-order valence-electron chi connectivity index (χ1n) is 10.3. The summed E-state index contributed by atoms with van der Waals surface area (Å²) in [7, 11) is 1.61. The Bertz CT molecular complexity index is 859. The molecule has 154 valence electrons. The molecule has 0 spiro atoms. The number of hydrogen-bond acceptors (Lipinski definition) is 5. The Labute approximate surface area is 170 Å². The van der Waals surface area contributed by atoms with Crippen molar-refractivity contribution >= 4 is 11.8 Å². The summed E-state index contributed by atoms with van der Waals surface area (Å²) >= 11 is 0. The molecule has 4 rings (SSSR count). The van der Waals surface area contributed by atoms with Gasteiger partial charge < -0.3 is 15.0 Å². The molecule has 1 unspecified atom stereocenters. The van der Waals surface area contributed by atoms with Crippen LogP contribution in [0.2, 0.25) is 0 Å². The Morgan fingerprint density at radius 2 is 1.97 bits per heavy atom. The van der Waals surface area contributed by atoms with E-state index in [0.29, 0.717) is 23.8 Å². The summed E-state index contributed by atoms with van der Waals surface area (Å²) in [5.41, 5.74) is 1.03. The zero-order valence-corrected chi connectivity index (χ0v) is 16.7. The number of likely N-dealkylation sites (tertiary alicyclic amines) is 1. The second kappa shape index (κ2) is 8.63. The minimum Gasteiger partial charge on any atom is -0.497 e. The van der Waals surface area contributed by atoms with Gasteiger partial charge in [-0.3, -0.25) is 14.3 Å². The number of carbonyl (C=O) groups excluding carboxylic acids is 2.